The number of rotatable bonds is 1. The lowest BCUT2D eigenvalue weighted by molar-refractivity contribution is 1.21. The number of hydrogen-bond donors (Lipinski definition) is 0. The van der Waals surface area contributed by atoms with E-state index in [1.165, 1.54) is 0 Å². The molecule has 0 radical (unpaired) electrons. The van der Waals surface area contributed by atoms with E-state index in [0.29, 0.717) is 0 Å². The lowest BCUT2D eigenvalue weighted by Crippen LogP contribution is -1.85. The van der Waals surface area contributed by atoms with Crippen LogP contribution in [0.5, 0.6) is 0 Å². The van der Waals surface area contributed by atoms with Crippen LogP contribution in [0.15, 0.2) is 42.5 Å². The number of benzene rings is 1. The average molecular weight is 204 g/mol. The van der Waals surface area contributed by atoms with Crippen LogP contribution >= 0.6 is 11.6 Å². The zero-order valence-electron chi connectivity index (χ0n) is 7.87. The summed E-state index contributed by atoms with van der Waals surface area (Å²) in [6.07, 6.45) is 0. The van der Waals surface area contributed by atoms with Crippen LogP contribution in [-0.2, 0) is 0 Å². The topological polar surface area (TPSA) is 12.9 Å². The Kier molecular flexibility index (Phi) is 2.51. The Labute approximate surface area is 88.4 Å². The predicted molar refractivity (Wildman–Crippen MR) is 59.4 cm³/mol. The monoisotopic (exact) mass is 203 g/mol. The van der Waals surface area contributed by atoms with Crippen molar-refractivity contribution in [2.75, 3.05) is 0 Å². The third-order valence-electron chi connectivity index (χ3n) is 2.03. The van der Waals surface area contributed by atoms with Gasteiger partial charge in [-0.25, -0.2) is 0 Å². The van der Waals surface area contributed by atoms with E-state index in [1.807, 2.05) is 49.4 Å². The van der Waals surface area contributed by atoms with Crippen molar-refractivity contribution in [2.24, 2.45) is 0 Å². The van der Waals surface area contributed by atoms with Crippen LogP contribution < -0.4 is 0 Å². The quantitative estimate of drug-likeness (QED) is 0.689. The summed E-state index contributed by atoms with van der Waals surface area (Å²) >= 11 is 5.81. The molecule has 0 bridgehead atoms. The van der Waals surface area contributed by atoms with Crippen LogP contribution in [0.3, 0.4) is 0 Å². The molecule has 0 aliphatic heterocycles. The Bertz CT molecular complexity index is 434. The van der Waals surface area contributed by atoms with E-state index in [9.17, 15) is 0 Å². The first kappa shape index (κ1) is 9.22. The molecule has 1 nitrogen and oxygen atoms in total. The third kappa shape index (κ3) is 1.94. The summed E-state index contributed by atoms with van der Waals surface area (Å²) in [5, 5.41) is 0.751. The fourth-order valence-corrected chi connectivity index (χ4v) is 1.45. The van der Waals surface area contributed by atoms with Gasteiger partial charge >= 0.3 is 0 Å². The highest BCUT2D eigenvalue weighted by Crippen LogP contribution is 2.19. The molecule has 2 heteroatoms. The summed E-state index contributed by atoms with van der Waals surface area (Å²) in [6, 6.07) is 13.7. The molecule has 70 valence electrons. The lowest BCUT2D eigenvalue weighted by atomic mass is 10.1. The molecule has 0 saturated heterocycles. The van der Waals surface area contributed by atoms with E-state index >= 15 is 0 Å². The summed E-state index contributed by atoms with van der Waals surface area (Å²) in [7, 11) is 0. The number of halogens is 1. The second-order valence-corrected chi connectivity index (χ2v) is 3.61. The van der Waals surface area contributed by atoms with Gasteiger partial charge < -0.3 is 0 Å². The van der Waals surface area contributed by atoms with Crippen molar-refractivity contribution in [3.63, 3.8) is 0 Å². The van der Waals surface area contributed by atoms with Crippen LogP contribution in [0.1, 0.15) is 5.69 Å². The summed E-state index contributed by atoms with van der Waals surface area (Å²) in [5.41, 5.74) is 3.11. The van der Waals surface area contributed by atoms with Crippen LogP contribution in [0.4, 0.5) is 0 Å². The van der Waals surface area contributed by atoms with E-state index in [0.717, 1.165) is 22.0 Å². The number of hydrogen-bond acceptors (Lipinski definition) is 1. The molecule has 0 spiro atoms. The molecule has 0 N–H and O–H groups in total. The first-order valence-electron chi connectivity index (χ1n) is 4.45. The van der Waals surface area contributed by atoms with Crippen LogP contribution in [0.2, 0.25) is 5.02 Å². The molecular weight excluding hydrogens is 194 g/mol. The zero-order valence-corrected chi connectivity index (χ0v) is 8.62. The predicted octanol–water partition coefficient (Wildman–Crippen LogP) is 3.71. The first-order chi connectivity index (χ1) is 6.75. The zero-order chi connectivity index (χ0) is 9.97. The first-order valence-corrected chi connectivity index (χ1v) is 4.83. The van der Waals surface area contributed by atoms with Crippen molar-refractivity contribution in [1.82, 2.24) is 4.98 Å². The summed E-state index contributed by atoms with van der Waals surface area (Å²) < 4.78 is 0. The molecule has 0 atom stereocenters. The number of nitrogens with zero attached hydrogens (tertiary/aromatic N) is 1. The van der Waals surface area contributed by atoms with Gasteiger partial charge in [0.1, 0.15) is 0 Å². The van der Waals surface area contributed by atoms with Gasteiger partial charge in [-0.1, -0.05) is 29.8 Å². The maximum Gasteiger partial charge on any atom is 0.0705 e. The van der Waals surface area contributed by atoms with Crippen LogP contribution in [0, 0.1) is 6.92 Å². The van der Waals surface area contributed by atoms with Gasteiger partial charge in [0.15, 0.2) is 0 Å². The molecule has 0 fully saturated rings. The summed E-state index contributed by atoms with van der Waals surface area (Å²) in [5.74, 6) is 0. The minimum atomic E-state index is 0.751. The van der Waals surface area contributed by atoms with Gasteiger partial charge in [0.05, 0.1) is 5.69 Å². The highest BCUT2D eigenvalue weighted by Gasteiger charge is 1.98. The van der Waals surface area contributed by atoms with E-state index in [1.54, 1.807) is 0 Å². The largest absolute Gasteiger partial charge is 0.253 e. The van der Waals surface area contributed by atoms with E-state index in [4.69, 9.17) is 11.6 Å². The van der Waals surface area contributed by atoms with E-state index < -0.39 is 0 Å². The van der Waals surface area contributed by atoms with Crippen LogP contribution in [0.25, 0.3) is 11.3 Å². The number of aryl methyl sites for hydroxylation is 1. The van der Waals surface area contributed by atoms with E-state index in [-0.39, 0.29) is 0 Å². The smallest absolute Gasteiger partial charge is 0.0705 e. The molecule has 1 aromatic carbocycles. The van der Waals surface area contributed by atoms with Gasteiger partial charge in [-0.05, 0) is 31.2 Å². The minimum absolute atomic E-state index is 0.751. The molecule has 14 heavy (non-hydrogen) atoms. The Morgan fingerprint density at radius 3 is 2.36 bits per heavy atom. The second-order valence-electron chi connectivity index (χ2n) is 3.17. The van der Waals surface area contributed by atoms with Gasteiger partial charge in [0.25, 0.3) is 0 Å². The summed E-state index contributed by atoms with van der Waals surface area (Å²) in [4.78, 5) is 4.43. The molecule has 0 amide bonds. The standard InChI is InChI=1S/C12H10ClN/c1-9-3-2-4-12(14-9)10-5-7-11(13)8-6-10/h2-8H,1H3. The van der Waals surface area contributed by atoms with E-state index in [2.05, 4.69) is 4.98 Å². The van der Waals surface area contributed by atoms with Crippen molar-refractivity contribution < 1.29 is 0 Å². The molecule has 1 aromatic heterocycles. The molecular formula is C12H10ClN. The van der Waals surface area contributed by atoms with Gasteiger partial charge in [-0.15, -0.1) is 0 Å². The van der Waals surface area contributed by atoms with Crippen molar-refractivity contribution in [3.05, 3.63) is 53.2 Å². The Morgan fingerprint density at radius 2 is 1.71 bits per heavy atom. The molecule has 1 heterocycles. The van der Waals surface area contributed by atoms with Crippen molar-refractivity contribution in [2.45, 2.75) is 6.92 Å². The molecule has 0 aliphatic carbocycles. The summed E-state index contributed by atoms with van der Waals surface area (Å²) in [6.45, 7) is 1.99. The molecule has 0 aliphatic rings. The van der Waals surface area contributed by atoms with Crippen LogP contribution in [-0.4, -0.2) is 4.98 Å². The van der Waals surface area contributed by atoms with Crippen molar-refractivity contribution in [1.29, 1.82) is 0 Å². The number of pyridine rings is 1. The van der Waals surface area contributed by atoms with Gasteiger partial charge in [-0.3, -0.25) is 4.98 Å². The molecule has 2 rings (SSSR count). The average Bonchev–Trinajstić information content (AvgIpc) is 2.19. The van der Waals surface area contributed by atoms with Crippen molar-refractivity contribution in [3.8, 4) is 11.3 Å². The maximum atomic E-state index is 5.81. The fraction of sp³-hybridized carbons (Fsp3) is 0.0833. The van der Waals surface area contributed by atoms with Gasteiger partial charge in [0, 0.05) is 16.3 Å². The van der Waals surface area contributed by atoms with Gasteiger partial charge in [-0.2, -0.15) is 0 Å². The maximum absolute atomic E-state index is 5.81. The Balaban J connectivity index is 2.44. The highest BCUT2D eigenvalue weighted by atomic mass is 35.5. The Hall–Kier alpha value is -1.34. The normalized spacial score (nSPS) is 10.1. The molecule has 0 saturated carbocycles. The highest BCUT2D eigenvalue weighted by molar-refractivity contribution is 6.30. The Morgan fingerprint density at radius 1 is 1.00 bits per heavy atom. The fourth-order valence-electron chi connectivity index (χ4n) is 1.32. The minimum Gasteiger partial charge on any atom is -0.253 e. The van der Waals surface area contributed by atoms with Gasteiger partial charge in [0.2, 0.25) is 0 Å². The SMILES string of the molecule is Cc1cccc(-c2ccc(Cl)cc2)n1. The molecule has 2 aromatic rings. The van der Waals surface area contributed by atoms with Crippen molar-refractivity contribution >= 4 is 11.6 Å². The third-order valence-corrected chi connectivity index (χ3v) is 2.28. The second kappa shape index (κ2) is 3.81. The number of aromatic nitrogens is 1. The molecule has 0 unspecified atom stereocenters. The lowest BCUT2D eigenvalue weighted by Gasteiger charge is -2.01.